The Balaban J connectivity index is 2.04. The van der Waals surface area contributed by atoms with E-state index in [1.54, 1.807) is 43.4 Å². The van der Waals surface area contributed by atoms with E-state index < -0.39 is 0 Å². The second kappa shape index (κ2) is 9.19. The molecule has 1 aliphatic rings. The lowest BCUT2D eigenvalue weighted by Gasteiger charge is -2.26. The summed E-state index contributed by atoms with van der Waals surface area (Å²) in [5.41, 5.74) is 2.97. The molecule has 3 rings (SSSR count). The maximum Gasteiger partial charge on any atom is 0.247 e. The lowest BCUT2D eigenvalue weighted by molar-refractivity contribution is -0.129. The van der Waals surface area contributed by atoms with E-state index >= 15 is 0 Å². The third kappa shape index (κ3) is 4.40. The molecule has 0 aromatic heterocycles. The first kappa shape index (κ1) is 19.6. The van der Waals surface area contributed by atoms with Gasteiger partial charge in [-0.15, -0.1) is 0 Å². The zero-order chi connectivity index (χ0) is 19.9. The average Bonchev–Trinajstić information content (AvgIpc) is 2.77. The first-order chi connectivity index (χ1) is 13.7. The first-order valence-electron chi connectivity index (χ1n) is 9.02. The number of carbonyl (C=O) groups excluding carboxylic acids is 2. The molecule has 0 saturated carbocycles. The van der Waals surface area contributed by atoms with E-state index in [4.69, 9.17) is 14.2 Å². The molecule has 28 heavy (non-hydrogen) atoms. The highest BCUT2D eigenvalue weighted by Gasteiger charge is 2.18. The van der Waals surface area contributed by atoms with Crippen LogP contribution in [0.25, 0.3) is 5.57 Å². The Morgan fingerprint density at radius 3 is 2.21 bits per heavy atom. The fourth-order valence-electron chi connectivity index (χ4n) is 3.08. The van der Waals surface area contributed by atoms with Gasteiger partial charge in [-0.1, -0.05) is 30.3 Å². The minimum atomic E-state index is -0.0763. The van der Waals surface area contributed by atoms with Gasteiger partial charge < -0.3 is 19.1 Å². The van der Waals surface area contributed by atoms with Crippen LogP contribution in [0.3, 0.4) is 0 Å². The largest absolute Gasteiger partial charge is 0.493 e. The normalized spacial score (nSPS) is 14.5. The van der Waals surface area contributed by atoms with Crippen molar-refractivity contribution in [2.75, 3.05) is 40.5 Å². The summed E-state index contributed by atoms with van der Waals surface area (Å²) in [5.74, 6) is 1.11. The smallest absolute Gasteiger partial charge is 0.247 e. The van der Waals surface area contributed by atoms with Gasteiger partial charge in [-0.3, -0.25) is 9.59 Å². The summed E-state index contributed by atoms with van der Waals surface area (Å²) in [4.78, 5) is 25.6. The number of morpholine rings is 1. The van der Waals surface area contributed by atoms with Gasteiger partial charge in [0, 0.05) is 24.7 Å². The molecule has 2 aromatic rings. The van der Waals surface area contributed by atoms with Gasteiger partial charge >= 0.3 is 0 Å². The number of carbonyl (C=O) groups is 2. The van der Waals surface area contributed by atoms with Gasteiger partial charge in [-0.2, -0.15) is 0 Å². The topological polar surface area (TPSA) is 65.1 Å². The third-order valence-corrected chi connectivity index (χ3v) is 4.64. The number of methoxy groups -OCH3 is 2. The molecular formula is C22H23NO5. The van der Waals surface area contributed by atoms with Crippen molar-refractivity contribution in [1.82, 2.24) is 4.90 Å². The van der Waals surface area contributed by atoms with Crippen molar-refractivity contribution in [2.45, 2.75) is 0 Å². The van der Waals surface area contributed by atoms with Crippen LogP contribution in [0.4, 0.5) is 0 Å². The van der Waals surface area contributed by atoms with Crippen LogP contribution in [0.15, 0.2) is 48.5 Å². The molecule has 0 spiro atoms. The number of hydrogen-bond donors (Lipinski definition) is 0. The number of ether oxygens (including phenoxy) is 3. The Labute approximate surface area is 164 Å². The predicted molar refractivity (Wildman–Crippen MR) is 106 cm³/mol. The predicted octanol–water partition coefficient (Wildman–Crippen LogP) is 2.81. The summed E-state index contributed by atoms with van der Waals surface area (Å²) in [7, 11) is 3.15. The molecule has 0 radical (unpaired) electrons. The van der Waals surface area contributed by atoms with Crippen molar-refractivity contribution in [1.29, 1.82) is 0 Å². The van der Waals surface area contributed by atoms with E-state index in [1.165, 1.54) is 0 Å². The Bertz CT molecular complexity index is 867. The van der Waals surface area contributed by atoms with Gasteiger partial charge in [0.15, 0.2) is 11.5 Å². The van der Waals surface area contributed by atoms with Crippen molar-refractivity contribution in [3.63, 3.8) is 0 Å². The molecule has 0 atom stereocenters. The van der Waals surface area contributed by atoms with Gasteiger partial charge in [0.25, 0.3) is 0 Å². The van der Waals surface area contributed by atoms with Gasteiger partial charge in [0.2, 0.25) is 5.91 Å². The van der Waals surface area contributed by atoms with E-state index in [0.29, 0.717) is 43.4 Å². The van der Waals surface area contributed by atoms with Crippen molar-refractivity contribution in [3.05, 3.63) is 65.2 Å². The maximum atomic E-state index is 12.8. The minimum Gasteiger partial charge on any atom is -0.493 e. The van der Waals surface area contributed by atoms with E-state index in [0.717, 1.165) is 23.0 Å². The highest BCUT2D eigenvalue weighted by Crippen LogP contribution is 2.33. The van der Waals surface area contributed by atoms with E-state index in [9.17, 15) is 9.59 Å². The molecule has 1 fully saturated rings. The fraction of sp³-hybridized carbons (Fsp3) is 0.273. The van der Waals surface area contributed by atoms with Gasteiger partial charge in [0.05, 0.1) is 27.4 Å². The van der Waals surface area contributed by atoms with Crippen LogP contribution in [-0.4, -0.2) is 57.6 Å². The van der Waals surface area contributed by atoms with E-state index in [-0.39, 0.29) is 5.91 Å². The highest BCUT2D eigenvalue weighted by molar-refractivity contribution is 5.99. The first-order valence-corrected chi connectivity index (χ1v) is 9.02. The van der Waals surface area contributed by atoms with Crippen LogP contribution in [0.1, 0.15) is 21.5 Å². The summed E-state index contributed by atoms with van der Waals surface area (Å²) < 4.78 is 16.0. The Kier molecular flexibility index (Phi) is 6.45. The molecule has 0 unspecified atom stereocenters. The van der Waals surface area contributed by atoms with Crippen LogP contribution in [0.5, 0.6) is 11.5 Å². The zero-order valence-corrected chi connectivity index (χ0v) is 16.0. The van der Waals surface area contributed by atoms with Crippen LogP contribution < -0.4 is 9.47 Å². The van der Waals surface area contributed by atoms with Crippen molar-refractivity contribution in [2.24, 2.45) is 0 Å². The summed E-state index contributed by atoms with van der Waals surface area (Å²) in [6.07, 6.45) is 2.42. The van der Waals surface area contributed by atoms with Crippen LogP contribution in [-0.2, 0) is 9.53 Å². The standard InChI is InChI=1S/C22H23NO5/c1-26-20-8-7-18(13-21(20)27-2)19(17-5-3-16(15-24)4-6-17)14-22(25)23-9-11-28-12-10-23/h3-8,13-15H,9-12H2,1-2H3/b19-14+. The SMILES string of the molecule is COc1ccc(/C(=C/C(=O)N2CCOCC2)c2ccc(C=O)cc2)cc1OC. The van der Waals surface area contributed by atoms with Crippen LogP contribution in [0.2, 0.25) is 0 Å². The number of rotatable bonds is 6. The summed E-state index contributed by atoms with van der Waals surface area (Å²) in [6.45, 7) is 2.22. The Morgan fingerprint density at radius 2 is 1.61 bits per heavy atom. The molecule has 0 aliphatic carbocycles. The number of nitrogens with zero attached hydrogens (tertiary/aromatic N) is 1. The van der Waals surface area contributed by atoms with Crippen molar-refractivity contribution < 1.29 is 23.8 Å². The molecule has 146 valence electrons. The summed E-state index contributed by atoms with van der Waals surface area (Å²) >= 11 is 0. The molecule has 1 aliphatic heterocycles. The number of amides is 1. The van der Waals surface area contributed by atoms with Gasteiger partial charge in [0.1, 0.15) is 6.29 Å². The van der Waals surface area contributed by atoms with E-state index in [1.807, 2.05) is 24.3 Å². The molecule has 1 heterocycles. The second-order valence-corrected chi connectivity index (χ2v) is 6.31. The molecule has 1 saturated heterocycles. The Morgan fingerprint density at radius 1 is 0.964 bits per heavy atom. The average molecular weight is 381 g/mol. The summed E-state index contributed by atoms with van der Waals surface area (Å²) in [5, 5.41) is 0. The highest BCUT2D eigenvalue weighted by atomic mass is 16.5. The van der Waals surface area contributed by atoms with Crippen LogP contribution >= 0.6 is 0 Å². The van der Waals surface area contributed by atoms with Crippen LogP contribution in [0, 0.1) is 0 Å². The van der Waals surface area contributed by atoms with Crippen molar-refractivity contribution in [3.8, 4) is 11.5 Å². The number of benzene rings is 2. The summed E-state index contributed by atoms with van der Waals surface area (Å²) in [6, 6.07) is 12.7. The quantitative estimate of drug-likeness (QED) is 0.569. The third-order valence-electron chi connectivity index (χ3n) is 4.64. The Hall–Kier alpha value is -3.12. The molecule has 2 aromatic carbocycles. The fourth-order valence-corrected chi connectivity index (χ4v) is 3.08. The molecule has 0 N–H and O–H groups in total. The van der Waals surface area contributed by atoms with E-state index in [2.05, 4.69) is 0 Å². The van der Waals surface area contributed by atoms with Crippen molar-refractivity contribution >= 4 is 17.8 Å². The lowest BCUT2D eigenvalue weighted by Crippen LogP contribution is -2.39. The second-order valence-electron chi connectivity index (χ2n) is 6.31. The molecule has 0 bridgehead atoms. The van der Waals surface area contributed by atoms with Gasteiger partial charge in [-0.05, 0) is 28.8 Å². The zero-order valence-electron chi connectivity index (χ0n) is 16.0. The monoisotopic (exact) mass is 381 g/mol. The number of aldehydes is 1. The molecule has 6 heteroatoms. The van der Waals surface area contributed by atoms with Gasteiger partial charge in [-0.25, -0.2) is 0 Å². The molecule has 6 nitrogen and oxygen atoms in total. The molecule has 1 amide bonds. The lowest BCUT2D eigenvalue weighted by atomic mass is 9.96. The molecular weight excluding hydrogens is 358 g/mol. The number of hydrogen-bond acceptors (Lipinski definition) is 5. The minimum absolute atomic E-state index is 0.0763. The maximum absolute atomic E-state index is 12.8.